The van der Waals surface area contributed by atoms with Crippen LogP contribution in [0.2, 0.25) is 0 Å². The average Bonchev–Trinajstić information content (AvgIpc) is 3.30. The van der Waals surface area contributed by atoms with Gasteiger partial charge in [-0.25, -0.2) is 0 Å². The Kier molecular flexibility index (Phi) is 3.31. The van der Waals surface area contributed by atoms with Crippen LogP contribution >= 0.6 is 0 Å². The molecule has 3 fully saturated rings. The summed E-state index contributed by atoms with van der Waals surface area (Å²) in [6, 6.07) is 11.0. The molecule has 2 heteroatoms. The zero-order chi connectivity index (χ0) is 13.5. The maximum Gasteiger partial charge on any atom is 0.0502 e. The third-order valence-electron chi connectivity index (χ3n) is 5.31. The highest BCUT2D eigenvalue weighted by molar-refractivity contribution is 5.31. The number of rotatable bonds is 3. The van der Waals surface area contributed by atoms with E-state index in [2.05, 4.69) is 29.2 Å². The van der Waals surface area contributed by atoms with Gasteiger partial charge < -0.3 is 5.73 Å². The molecular weight excluding hydrogens is 244 g/mol. The van der Waals surface area contributed by atoms with E-state index in [1.807, 2.05) is 0 Å². The van der Waals surface area contributed by atoms with Gasteiger partial charge in [0.1, 0.15) is 0 Å². The van der Waals surface area contributed by atoms with Gasteiger partial charge in [0.2, 0.25) is 0 Å². The predicted molar refractivity (Wildman–Crippen MR) is 82.7 cm³/mol. The van der Waals surface area contributed by atoms with Crippen molar-refractivity contribution in [3.8, 4) is 0 Å². The van der Waals surface area contributed by atoms with E-state index in [4.69, 9.17) is 5.73 Å². The highest BCUT2D eigenvalue weighted by Gasteiger charge is 2.38. The van der Waals surface area contributed by atoms with Gasteiger partial charge in [0, 0.05) is 12.1 Å². The summed E-state index contributed by atoms with van der Waals surface area (Å²) in [6.45, 7) is 1.24. The van der Waals surface area contributed by atoms with Crippen LogP contribution in [0.25, 0.3) is 0 Å². The van der Waals surface area contributed by atoms with E-state index in [1.165, 1.54) is 62.6 Å². The fourth-order valence-corrected chi connectivity index (χ4v) is 3.85. The molecule has 1 heterocycles. The van der Waals surface area contributed by atoms with Crippen LogP contribution in [-0.4, -0.2) is 23.5 Å². The molecule has 0 aromatic heterocycles. The van der Waals surface area contributed by atoms with Gasteiger partial charge in [-0.05, 0) is 62.1 Å². The van der Waals surface area contributed by atoms with Gasteiger partial charge in [0.05, 0.1) is 6.04 Å². The predicted octanol–water partition coefficient (Wildman–Crippen LogP) is 3.58. The first kappa shape index (κ1) is 12.8. The third kappa shape index (κ3) is 2.51. The third-order valence-corrected chi connectivity index (χ3v) is 5.31. The van der Waals surface area contributed by atoms with Crippen LogP contribution in [0.4, 0.5) is 0 Å². The summed E-state index contributed by atoms with van der Waals surface area (Å²) in [7, 11) is 0. The Morgan fingerprint density at radius 1 is 0.850 bits per heavy atom. The second-order valence-corrected chi connectivity index (χ2v) is 7.01. The lowest BCUT2D eigenvalue weighted by atomic mass is 9.94. The second-order valence-electron chi connectivity index (χ2n) is 7.01. The minimum atomic E-state index is 0.310. The van der Waals surface area contributed by atoms with Gasteiger partial charge in [-0.15, -0.1) is 0 Å². The molecule has 2 unspecified atom stereocenters. The average molecular weight is 270 g/mol. The van der Waals surface area contributed by atoms with Crippen molar-refractivity contribution < 1.29 is 0 Å². The highest BCUT2D eigenvalue weighted by atomic mass is 15.2. The molecule has 0 radical (unpaired) electrons. The Balaban J connectivity index is 1.60. The molecule has 0 bridgehead atoms. The van der Waals surface area contributed by atoms with Crippen LogP contribution in [0.1, 0.15) is 68.0 Å². The monoisotopic (exact) mass is 270 g/mol. The Hall–Kier alpha value is -0.860. The fourth-order valence-electron chi connectivity index (χ4n) is 3.85. The number of hydrogen-bond donors (Lipinski definition) is 1. The highest BCUT2D eigenvalue weighted by Crippen LogP contribution is 2.42. The second kappa shape index (κ2) is 5.16. The Morgan fingerprint density at radius 3 is 2.20 bits per heavy atom. The van der Waals surface area contributed by atoms with Gasteiger partial charge in [-0.1, -0.05) is 30.7 Å². The molecule has 1 saturated heterocycles. The molecule has 2 aliphatic carbocycles. The Morgan fingerprint density at radius 2 is 1.55 bits per heavy atom. The van der Waals surface area contributed by atoms with Gasteiger partial charge in [-0.3, -0.25) is 4.90 Å². The molecule has 2 atom stereocenters. The number of hydrogen-bond acceptors (Lipinski definition) is 2. The van der Waals surface area contributed by atoms with Gasteiger partial charge >= 0.3 is 0 Å². The van der Waals surface area contributed by atoms with Crippen LogP contribution in [0.15, 0.2) is 24.3 Å². The number of nitrogens with two attached hydrogens (primary N) is 1. The van der Waals surface area contributed by atoms with Crippen molar-refractivity contribution >= 4 is 0 Å². The Labute approximate surface area is 122 Å². The van der Waals surface area contributed by atoms with Gasteiger partial charge in [0.25, 0.3) is 0 Å². The van der Waals surface area contributed by atoms with E-state index >= 15 is 0 Å². The van der Waals surface area contributed by atoms with Gasteiger partial charge in [0.15, 0.2) is 0 Å². The normalized spacial score (nSPS) is 32.0. The first-order valence-electron chi connectivity index (χ1n) is 8.44. The van der Waals surface area contributed by atoms with Crippen molar-refractivity contribution in [2.75, 3.05) is 6.54 Å². The van der Waals surface area contributed by atoms with Crippen molar-refractivity contribution in [1.82, 2.24) is 4.90 Å². The summed E-state index contributed by atoms with van der Waals surface area (Å²) >= 11 is 0. The number of likely N-dealkylation sites (tertiary alicyclic amines) is 1. The molecular formula is C18H26N2. The van der Waals surface area contributed by atoms with Crippen molar-refractivity contribution in [1.29, 1.82) is 0 Å². The minimum absolute atomic E-state index is 0.310. The SMILES string of the molecule is NC1CCCCN(C2CC2)C1c1ccc(C2CC2)cc1. The van der Waals surface area contributed by atoms with Crippen molar-refractivity contribution in [2.45, 2.75) is 69.0 Å². The molecule has 3 aliphatic rings. The number of nitrogens with zero attached hydrogens (tertiary/aromatic N) is 1. The molecule has 1 aromatic carbocycles. The lowest BCUT2D eigenvalue weighted by Crippen LogP contribution is -2.41. The topological polar surface area (TPSA) is 29.3 Å². The van der Waals surface area contributed by atoms with Crippen molar-refractivity contribution in [2.24, 2.45) is 5.73 Å². The van der Waals surface area contributed by atoms with Gasteiger partial charge in [-0.2, -0.15) is 0 Å². The molecule has 2 N–H and O–H groups in total. The minimum Gasteiger partial charge on any atom is -0.326 e. The van der Waals surface area contributed by atoms with E-state index in [1.54, 1.807) is 0 Å². The zero-order valence-corrected chi connectivity index (χ0v) is 12.3. The molecule has 0 spiro atoms. The van der Waals surface area contributed by atoms with Crippen LogP contribution < -0.4 is 5.73 Å². The summed E-state index contributed by atoms with van der Waals surface area (Å²) in [4.78, 5) is 2.71. The molecule has 1 aromatic rings. The number of benzene rings is 1. The van der Waals surface area contributed by atoms with Crippen LogP contribution in [-0.2, 0) is 0 Å². The molecule has 108 valence electrons. The van der Waals surface area contributed by atoms with Crippen molar-refractivity contribution in [3.05, 3.63) is 35.4 Å². The summed E-state index contributed by atoms with van der Waals surface area (Å²) in [6.07, 6.45) is 9.32. The van der Waals surface area contributed by atoms with Crippen molar-refractivity contribution in [3.63, 3.8) is 0 Å². The Bertz CT molecular complexity index is 459. The molecule has 0 amide bonds. The fraction of sp³-hybridized carbons (Fsp3) is 0.667. The largest absolute Gasteiger partial charge is 0.326 e. The summed E-state index contributed by atoms with van der Waals surface area (Å²) < 4.78 is 0. The maximum atomic E-state index is 6.54. The molecule has 2 nitrogen and oxygen atoms in total. The van der Waals surface area contributed by atoms with E-state index in [9.17, 15) is 0 Å². The van der Waals surface area contributed by atoms with Crippen LogP contribution in [0.3, 0.4) is 0 Å². The summed E-state index contributed by atoms with van der Waals surface area (Å²) in [5.74, 6) is 0.853. The maximum absolute atomic E-state index is 6.54. The summed E-state index contributed by atoms with van der Waals surface area (Å²) in [5.41, 5.74) is 9.53. The molecule has 1 aliphatic heterocycles. The van der Waals surface area contributed by atoms with E-state index in [-0.39, 0.29) is 0 Å². The van der Waals surface area contributed by atoms with E-state index in [0.29, 0.717) is 12.1 Å². The zero-order valence-electron chi connectivity index (χ0n) is 12.3. The molecule has 20 heavy (non-hydrogen) atoms. The smallest absolute Gasteiger partial charge is 0.0502 e. The first-order chi connectivity index (χ1) is 9.83. The van der Waals surface area contributed by atoms with Crippen LogP contribution in [0, 0.1) is 0 Å². The summed E-state index contributed by atoms with van der Waals surface area (Å²) in [5, 5.41) is 0. The van der Waals surface area contributed by atoms with E-state index < -0.39 is 0 Å². The van der Waals surface area contributed by atoms with Crippen LogP contribution in [0.5, 0.6) is 0 Å². The van der Waals surface area contributed by atoms with E-state index in [0.717, 1.165) is 12.0 Å². The molecule has 2 saturated carbocycles. The lowest BCUT2D eigenvalue weighted by molar-refractivity contribution is 0.175. The molecule has 4 rings (SSSR count). The standard InChI is InChI=1S/C18H26N2/c19-17-3-1-2-12-20(16-10-11-16)18(17)15-8-6-14(7-9-15)13-4-5-13/h6-9,13,16-18H,1-5,10-12,19H2. The quantitative estimate of drug-likeness (QED) is 0.909. The lowest BCUT2D eigenvalue weighted by Gasteiger charge is -2.34. The first-order valence-corrected chi connectivity index (χ1v) is 8.44.